The molecule has 1 atom stereocenters. The first-order valence-corrected chi connectivity index (χ1v) is 8.91. The van der Waals surface area contributed by atoms with Crippen LogP contribution in [0, 0.1) is 6.92 Å². The highest BCUT2D eigenvalue weighted by atomic mass is 16.5. The molecule has 5 nitrogen and oxygen atoms in total. The number of hydrogen-bond acceptors (Lipinski definition) is 4. The highest BCUT2D eigenvalue weighted by molar-refractivity contribution is 5.79. The van der Waals surface area contributed by atoms with Gasteiger partial charge in [0.15, 0.2) is 5.82 Å². The second kappa shape index (κ2) is 7.12. The minimum atomic E-state index is 0.000539. The van der Waals surface area contributed by atoms with Gasteiger partial charge in [0.05, 0.1) is 0 Å². The third-order valence-corrected chi connectivity index (χ3v) is 4.80. The van der Waals surface area contributed by atoms with Crippen molar-refractivity contribution in [2.75, 3.05) is 13.1 Å². The smallest absolute Gasteiger partial charge is 0.257 e. The lowest BCUT2D eigenvalue weighted by Gasteiger charge is -2.15. The van der Waals surface area contributed by atoms with E-state index in [9.17, 15) is 4.79 Å². The number of amides is 1. The quantitative estimate of drug-likeness (QED) is 0.707. The van der Waals surface area contributed by atoms with Crippen molar-refractivity contribution < 1.29 is 9.32 Å². The van der Waals surface area contributed by atoms with E-state index in [1.807, 2.05) is 54.3 Å². The average Bonchev–Trinajstić information content (AvgIpc) is 3.28. The predicted molar refractivity (Wildman–Crippen MR) is 98.6 cm³/mol. The van der Waals surface area contributed by atoms with E-state index < -0.39 is 0 Å². The molecule has 26 heavy (non-hydrogen) atoms. The van der Waals surface area contributed by atoms with Gasteiger partial charge in [-0.05, 0) is 31.0 Å². The summed E-state index contributed by atoms with van der Waals surface area (Å²) in [6.45, 7) is 3.40. The Kier molecular flexibility index (Phi) is 4.52. The van der Waals surface area contributed by atoms with E-state index in [1.165, 1.54) is 5.56 Å². The van der Waals surface area contributed by atoms with Gasteiger partial charge in [-0.15, -0.1) is 0 Å². The largest absolute Gasteiger partial charge is 0.342 e. The van der Waals surface area contributed by atoms with Crippen LogP contribution >= 0.6 is 0 Å². The number of hydrogen-bond donors (Lipinski definition) is 0. The Labute approximate surface area is 152 Å². The van der Waals surface area contributed by atoms with Crippen molar-refractivity contribution in [3.8, 4) is 11.5 Å². The number of aryl methyl sites for hydroxylation is 1. The second-order valence-electron chi connectivity index (χ2n) is 6.80. The first-order chi connectivity index (χ1) is 12.7. The number of rotatable bonds is 5. The fourth-order valence-electron chi connectivity index (χ4n) is 3.37. The van der Waals surface area contributed by atoms with E-state index in [0.717, 1.165) is 24.1 Å². The molecule has 1 fully saturated rings. The summed E-state index contributed by atoms with van der Waals surface area (Å²) >= 11 is 0. The Morgan fingerprint density at radius 2 is 2.00 bits per heavy atom. The lowest BCUT2D eigenvalue weighted by molar-refractivity contribution is -0.127. The summed E-state index contributed by atoms with van der Waals surface area (Å²) in [5, 5.41) is 4.13. The van der Waals surface area contributed by atoms with Gasteiger partial charge in [-0.2, -0.15) is 4.98 Å². The summed E-state index contributed by atoms with van der Waals surface area (Å²) in [6.07, 6.45) is 1.31. The molecule has 1 aliphatic heterocycles. The summed E-state index contributed by atoms with van der Waals surface area (Å²) in [6, 6.07) is 18.2. The van der Waals surface area contributed by atoms with Crippen LogP contribution in [0.4, 0.5) is 0 Å². The van der Waals surface area contributed by atoms with Gasteiger partial charge >= 0.3 is 0 Å². The number of nitrogens with zero attached hydrogens (tertiary/aromatic N) is 3. The molecule has 0 saturated carbocycles. The molecule has 0 N–H and O–H groups in total. The zero-order chi connectivity index (χ0) is 17.9. The van der Waals surface area contributed by atoms with Crippen molar-refractivity contribution in [2.45, 2.75) is 25.7 Å². The fourth-order valence-corrected chi connectivity index (χ4v) is 3.37. The van der Waals surface area contributed by atoms with Crippen LogP contribution in [0.1, 0.15) is 29.3 Å². The minimum absolute atomic E-state index is 0.000539. The summed E-state index contributed by atoms with van der Waals surface area (Å²) in [5.74, 6) is 1.30. The zero-order valence-corrected chi connectivity index (χ0v) is 14.8. The van der Waals surface area contributed by atoms with Crippen molar-refractivity contribution >= 4 is 5.91 Å². The molecule has 5 heteroatoms. The number of carbonyl (C=O) groups excluding carboxylic acids is 1. The van der Waals surface area contributed by atoms with E-state index in [4.69, 9.17) is 4.52 Å². The predicted octanol–water partition coefficient (Wildman–Crippen LogP) is 3.60. The van der Waals surface area contributed by atoms with Crippen molar-refractivity contribution in [1.82, 2.24) is 15.0 Å². The van der Waals surface area contributed by atoms with E-state index in [2.05, 4.69) is 22.3 Å². The molecule has 0 aliphatic carbocycles. The number of likely N-dealkylation sites (tertiary alicyclic amines) is 1. The Bertz CT molecular complexity index is 904. The van der Waals surface area contributed by atoms with Gasteiger partial charge in [0.25, 0.3) is 5.89 Å². The van der Waals surface area contributed by atoms with Gasteiger partial charge < -0.3 is 9.42 Å². The summed E-state index contributed by atoms with van der Waals surface area (Å²) in [7, 11) is 0. The highest BCUT2D eigenvalue weighted by Gasteiger charge is 2.33. The molecule has 1 aromatic heterocycles. The molecule has 0 unspecified atom stereocenters. The van der Waals surface area contributed by atoms with Gasteiger partial charge in [-0.25, -0.2) is 0 Å². The van der Waals surface area contributed by atoms with E-state index in [1.54, 1.807) is 0 Å². The molecule has 4 rings (SSSR count). The van der Waals surface area contributed by atoms with Crippen LogP contribution in [0.3, 0.4) is 0 Å². The van der Waals surface area contributed by atoms with Crippen molar-refractivity contribution in [3.05, 3.63) is 71.5 Å². The van der Waals surface area contributed by atoms with Gasteiger partial charge in [0, 0.05) is 31.0 Å². The molecule has 0 spiro atoms. The molecule has 1 amide bonds. The van der Waals surface area contributed by atoms with Crippen LogP contribution in [0.25, 0.3) is 11.5 Å². The Morgan fingerprint density at radius 1 is 1.15 bits per heavy atom. The number of benzene rings is 2. The van der Waals surface area contributed by atoms with Crippen molar-refractivity contribution in [2.24, 2.45) is 0 Å². The number of carbonyl (C=O) groups is 1. The first-order valence-electron chi connectivity index (χ1n) is 8.91. The van der Waals surface area contributed by atoms with E-state index in [0.29, 0.717) is 24.7 Å². The molecular formula is C21H21N3O2. The Morgan fingerprint density at radius 3 is 2.81 bits per heavy atom. The van der Waals surface area contributed by atoms with Gasteiger partial charge in [0.1, 0.15) is 0 Å². The standard InChI is InChI=1S/C21H21N3O2/c1-15-6-5-9-17(12-15)21-22-20(23-26-21)18-13-19(25)24(14-18)11-10-16-7-3-2-4-8-16/h2-9,12,18H,10-11,13-14H2,1H3/t18-/m0/s1. The van der Waals surface area contributed by atoms with Crippen LogP contribution in [0.5, 0.6) is 0 Å². The van der Waals surface area contributed by atoms with Crippen LogP contribution in [-0.2, 0) is 11.2 Å². The molecule has 0 bridgehead atoms. The van der Waals surface area contributed by atoms with Gasteiger partial charge in [0.2, 0.25) is 5.91 Å². The molecule has 2 aromatic carbocycles. The fraction of sp³-hybridized carbons (Fsp3) is 0.286. The SMILES string of the molecule is Cc1cccc(-c2nc([C@H]3CC(=O)N(CCc4ccccc4)C3)no2)c1. The molecule has 0 radical (unpaired) electrons. The van der Waals surface area contributed by atoms with Gasteiger partial charge in [-0.1, -0.05) is 53.2 Å². The Balaban J connectivity index is 1.42. The monoisotopic (exact) mass is 347 g/mol. The second-order valence-corrected chi connectivity index (χ2v) is 6.80. The molecule has 2 heterocycles. The minimum Gasteiger partial charge on any atom is -0.342 e. The van der Waals surface area contributed by atoms with E-state index in [-0.39, 0.29) is 11.8 Å². The summed E-state index contributed by atoms with van der Waals surface area (Å²) in [4.78, 5) is 18.8. The van der Waals surface area contributed by atoms with Crippen LogP contribution < -0.4 is 0 Å². The van der Waals surface area contributed by atoms with Crippen molar-refractivity contribution in [1.29, 1.82) is 0 Å². The van der Waals surface area contributed by atoms with E-state index >= 15 is 0 Å². The topological polar surface area (TPSA) is 59.2 Å². The average molecular weight is 347 g/mol. The first kappa shape index (κ1) is 16.5. The molecular weight excluding hydrogens is 326 g/mol. The third kappa shape index (κ3) is 3.52. The van der Waals surface area contributed by atoms with Crippen LogP contribution in [0.15, 0.2) is 59.1 Å². The normalized spacial score (nSPS) is 17.0. The van der Waals surface area contributed by atoms with Crippen LogP contribution in [-0.4, -0.2) is 34.0 Å². The molecule has 132 valence electrons. The lowest BCUT2D eigenvalue weighted by atomic mass is 10.1. The third-order valence-electron chi connectivity index (χ3n) is 4.80. The zero-order valence-electron chi connectivity index (χ0n) is 14.8. The molecule has 3 aromatic rings. The van der Waals surface area contributed by atoms with Gasteiger partial charge in [-0.3, -0.25) is 4.79 Å². The van der Waals surface area contributed by atoms with Crippen molar-refractivity contribution in [3.63, 3.8) is 0 Å². The maximum atomic E-state index is 12.3. The maximum absolute atomic E-state index is 12.3. The van der Waals surface area contributed by atoms with Crippen LogP contribution in [0.2, 0.25) is 0 Å². The molecule has 1 saturated heterocycles. The summed E-state index contributed by atoms with van der Waals surface area (Å²) in [5.41, 5.74) is 3.30. The Hall–Kier alpha value is -2.95. The highest BCUT2D eigenvalue weighted by Crippen LogP contribution is 2.28. The molecule has 1 aliphatic rings. The summed E-state index contributed by atoms with van der Waals surface area (Å²) < 4.78 is 5.43. The lowest BCUT2D eigenvalue weighted by Crippen LogP contribution is -2.27. The maximum Gasteiger partial charge on any atom is 0.257 e. The number of aromatic nitrogens is 2.